The number of ketones is 1. The van der Waals surface area contributed by atoms with Crippen LogP contribution in [0.2, 0.25) is 0 Å². The van der Waals surface area contributed by atoms with Crippen LogP contribution in [0.1, 0.15) is 53.9 Å². The molecule has 2 saturated carbocycles. The Hall–Kier alpha value is -2.66. The number of halogens is 3. The van der Waals surface area contributed by atoms with E-state index in [2.05, 4.69) is 5.32 Å². The van der Waals surface area contributed by atoms with Crippen LogP contribution in [0.25, 0.3) is 0 Å². The van der Waals surface area contributed by atoms with Crippen molar-refractivity contribution in [1.29, 1.82) is 0 Å². The summed E-state index contributed by atoms with van der Waals surface area (Å²) >= 11 is 0. The second-order valence-electron chi connectivity index (χ2n) is 11.6. The quantitative estimate of drug-likeness (QED) is 0.424. The van der Waals surface area contributed by atoms with E-state index in [4.69, 9.17) is 5.73 Å². The number of carbonyl (C=O) groups is 5. The van der Waals surface area contributed by atoms with Gasteiger partial charge in [0, 0.05) is 6.54 Å². The fourth-order valence-electron chi connectivity index (χ4n) is 5.19. The van der Waals surface area contributed by atoms with Crippen molar-refractivity contribution in [3.63, 3.8) is 0 Å². The predicted octanol–water partition coefficient (Wildman–Crippen LogP) is 0.902. The second-order valence-corrected chi connectivity index (χ2v) is 11.6. The lowest BCUT2D eigenvalue weighted by Gasteiger charge is -2.38. The Bertz CT molecular complexity index is 938. The molecule has 3 fully saturated rings. The summed E-state index contributed by atoms with van der Waals surface area (Å²) in [5, 5.41) is 4.37. The first-order valence-corrected chi connectivity index (χ1v) is 11.7. The van der Waals surface area contributed by atoms with E-state index in [1.807, 2.05) is 13.8 Å². The first-order chi connectivity index (χ1) is 15.9. The molecule has 196 valence electrons. The summed E-state index contributed by atoms with van der Waals surface area (Å²) in [6.07, 6.45) is -3.22. The molecule has 0 aromatic carbocycles. The molecule has 0 radical (unpaired) electrons. The van der Waals surface area contributed by atoms with Gasteiger partial charge < -0.3 is 21.3 Å². The highest BCUT2D eigenvalue weighted by atomic mass is 19.4. The molecule has 0 aromatic rings. The fraction of sp³-hybridized carbons (Fsp3) is 0.783. The van der Waals surface area contributed by atoms with E-state index < -0.39 is 59.1 Å². The highest BCUT2D eigenvalue weighted by Crippen LogP contribution is 2.65. The van der Waals surface area contributed by atoms with Gasteiger partial charge in [0.1, 0.15) is 12.1 Å². The Morgan fingerprint density at radius 2 is 1.63 bits per heavy atom. The van der Waals surface area contributed by atoms with Crippen LogP contribution in [0.5, 0.6) is 0 Å². The molecule has 1 heterocycles. The summed E-state index contributed by atoms with van der Waals surface area (Å²) in [4.78, 5) is 63.6. The molecule has 1 aliphatic heterocycles. The third-order valence-corrected chi connectivity index (χ3v) is 7.55. The van der Waals surface area contributed by atoms with Crippen molar-refractivity contribution in [2.24, 2.45) is 34.3 Å². The van der Waals surface area contributed by atoms with Gasteiger partial charge in [-0.1, -0.05) is 47.5 Å². The Morgan fingerprint density at radius 1 is 1.06 bits per heavy atom. The minimum atomic E-state index is -5.18. The number of amides is 4. The van der Waals surface area contributed by atoms with Gasteiger partial charge in [-0.25, -0.2) is 0 Å². The number of fused-ring (bicyclic) bond motifs is 1. The van der Waals surface area contributed by atoms with Crippen LogP contribution in [0.4, 0.5) is 13.2 Å². The average Bonchev–Trinajstić information content (AvgIpc) is 3.55. The normalized spacial score (nSPS) is 26.9. The highest BCUT2D eigenvalue weighted by Gasteiger charge is 2.70. The van der Waals surface area contributed by atoms with E-state index in [0.717, 1.165) is 12.8 Å². The first kappa shape index (κ1) is 26.9. The number of hydrogen-bond acceptors (Lipinski definition) is 5. The molecule has 0 aromatic heterocycles. The van der Waals surface area contributed by atoms with Crippen molar-refractivity contribution < 1.29 is 37.1 Å². The maximum Gasteiger partial charge on any atom is 0.471 e. The van der Waals surface area contributed by atoms with Crippen LogP contribution in [-0.2, 0) is 24.0 Å². The predicted molar refractivity (Wildman–Crippen MR) is 117 cm³/mol. The van der Waals surface area contributed by atoms with Gasteiger partial charge in [-0.2, -0.15) is 13.2 Å². The van der Waals surface area contributed by atoms with Gasteiger partial charge >= 0.3 is 12.1 Å². The van der Waals surface area contributed by atoms with Crippen molar-refractivity contribution in [3.8, 4) is 0 Å². The van der Waals surface area contributed by atoms with Crippen LogP contribution in [0.3, 0.4) is 0 Å². The third kappa shape index (κ3) is 5.45. The molecule has 2 unspecified atom stereocenters. The van der Waals surface area contributed by atoms with Crippen LogP contribution in [0.15, 0.2) is 0 Å². The third-order valence-electron chi connectivity index (χ3n) is 7.55. The minimum absolute atomic E-state index is 0.0742. The largest absolute Gasteiger partial charge is 0.471 e. The number of primary amides is 1. The zero-order valence-electron chi connectivity index (χ0n) is 20.5. The van der Waals surface area contributed by atoms with E-state index in [-0.39, 0.29) is 36.1 Å². The number of hydrogen-bond donors (Lipinski definition) is 3. The SMILES string of the molecule is CC(C)(C)C(NC(=O)C(F)(F)F)C(=O)N1C[C@H]2[C@@H]([C@H]1C(=O)NC(CC1CC1)C(=O)C(N)=O)C2(C)C. The number of carbonyl (C=O) groups excluding carboxylic acids is 5. The van der Waals surface area contributed by atoms with Gasteiger partial charge in [-0.3, -0.25) is 24.0 Å². The van der Waals surface area contributed by atoms with Crippen molar-refractivity contribution in [2.75, 3.05) is 6.54 Å². The smallest absolute Gasteiger partial charge is 0.363 e. The van der Waals surface area contributed by atoms with E-state index >= 15 is 0 Å². The number of nitrogens with one attached hydrogen (secondary N) is 2. The number of nitrogens with two attached hydrogens (primary N) is 1. The average molecular weight is 503 g/mol. The molecule has 1 saturated heterocycles. The van der Waals surface area contributed by atoms with Crippen molar-refractivity contribution in [2.45, 2.75) is 78.2 Å². The lowest BCUT2D eigenvalue weighted by molar-refractivity contribution is -0.176. The topological polar surface area (TPSA) is 139 Å². The van der Waals surface area contributed by atoms with E-state index in [1.54, 1.807) is 5.32 Å². The van der Waals surface area contributed by atoms with Crippen LogP contribution >= 0.6 is 0 Å². The molecule has 9 nitrogen and oxygen atoms in total. The molecule has 2 aliphatic carbocycles. The molecule has 4 N–H and O–H groups in total. The summed E-state index contributed by atoms with van der Waals surface area (Å²) in [6, 6.07) is -3.73. The molecule has 4 amide bonds. The van der Waals surface area contributed by atoms with Crippen molar-refractivity contribution >= 4 is 29.4 Å². The second kappa shape index (κ2) is 8.77. The highest BCUT2D eigenvalue weighted by molar-refractivity contribution is 6.37. The van der Waals surface area contributed by atoms with Gasteiger partial charge in [0.25, 0.3) is 5.91 Å². The molecule has 0 spiro atoms. The molecule has 3 aliphatic rings. The van der Waals surface area contributed by atoms with Crippen molar-refractivity contribution in [3.05, 3.63) is 0 Å². The summed E-state index contributed by atoms with van der Waals surface area (Å²) in [7, 11) is 0. The Labute approximate surface area is 201 Å². The standard InChI is InChI=1S/C23H33F3N4O5/c1-21(2,3)16(29-20(35)23(24,25)26)19(34)30-9-11-13(22(11,4)5)14(30)18(33)28-12(8-10-6-7-10)15(31)17(27)32/h10-14,16H,6-9H2,1-5H3,(H2,27,32)(H,28,33)(H,29,35)/t11-,12?,13-,14-,16?/m0/s1. The molecular formula is C23H33F3N4O5. The Kier molecular flexibility index (Phi) is 6.75. The molecule has 0 bridgehead atoms. The van der Waals surface area contributed by atoms with Crippen LogP contribution in [0, 0.1) is 28.6 Å². The summed E-state index contributed by atoms with van der Waals surface area (Å²) in [5.41, 5.74) is 3.76. The van der Waals surface area contributed by atoms with Crippen LogP contribution < -0.4 is 16.4 Å². The summed E-state index contributed by atoms with van der Waals surface area (Å²) in [5.74, 6) is -6.00. The maximum atomic E-state index is 13.5. The lowest BCUT2D eigenvalue weighted by atomic mass is 9.85. The Balaban J connectivity index is 1.86. The Morgan fingerprint density at radius 3 is 2.09 bits per heavy atom. The summed E-state index contributed by atoms with van der Waals surface area (Å²) in [6.45, 7) is 8.51. The zero-order chi connectivity index (χ0) is 26.7. The van der Waals surface area contributed by atoms with Crippen LogP contribution in [-0.4, -0.2) is 65.2 Å². The number of nitrogens with zero attached hydrogens (tertiary/aromatic N) is 1. The summed E-state index contributed by atoms with van der Waals surface area (Å²) < 4.78 is 38.8. The number of alkyl halides is 3. The molecule has 12 heteroatoms. The van der Waals surface area contributed by atoms with E-state index in [1.165, 1.54) is 25.7 Å². The van der Waals surface area contributed by atoms with E-state index in [0.29, 0.717) is 0 Å². The first-order valence-electron chi connectivity index (χ1n) is 11.7. The van der Waals surface area contributed by atoms with Gasteiger partial charge in [0.05, 0.1) is 6.04 Å². The zero-order valence-corrected chi connectivity index (χ0v) is 20.5. The van der Waals surface area contributed by atoms with Gasteiger partial charge in [0.2, 0.25) is 17.6 Å². The minimum Gasteiger partial charge on any atom is -0.363 e. The lowest BCUT2D eigenvalue weighted by Crippen LogP contribution is -2.61. The van der Waals surface area contributed by atoms with Crippen molar-refractivity contribution in [1.82, 2.24) is 15.5 Å². The molecular weight excluding hydrogens is 469 g/mol. The maximum absolute atomic E-state index is 13.5. The number of likely N-dealkylation sites (tertiary alicyclic amines) is 1. The molecule has 3 rings (SSSR count). The fourth-order valence-corrected chi connectivity index (χ4v) is 5.19. The van der Waals surface area contributed by atoms with E-state index in [9.17, 15) is 37.1 Å². The van der Waals surface area contributed by atoms with Gasteiger partial charge in [-0.05, 0) is 35.0 Å². The van der Waals surface area contributed by atoms with Gasteiger partial charge in [-0.15, -0.1) is 0 Å². The molecule has 5 atom stereocenters. The van der Waals surface area contributed by atoms with Gasteiger partial charge in [0.15, 0.2) is 0 Å². The molecule has 35 heavy (non-hydrogen) atoms. The number of rotatable bonds is 8. The number of piperidine rings is 1. The monoisotopic (exact) mass is 502 g/mol. The number of Topliss-reactive ketones (excluding diaryl/α,β-unsaturated/α-hetero) is 1.